The minimum atomic E-state index is -0.0944. The number of hydrogen-bond acceptors (Lipinski definition) is 2. The number of hydrogen-bond donors (Lipinski definition) is 1. The molecule has 1 saturated heterocycles. The Labute approximate surface area is 122 Å². The number of halogens is 1. The molecule has 0 bridgehead atoms. The van der Waals surface area contributed by atoms with Crippen LogP contribution < -0.4 is 10.2 Å². The summed E-state index contributed by atoms with van der Waals surface area (Å²) in [4.78, 5) is 14.5. The van der Waals surface area contributed by atoms with Crippen LogP contribution in [0.4, 0.5) is 5.69 Å². The Morgan fingerprint density at radius 2 is 2.16 bits per heavy atom. The lowest BCUT2D eigenvalue weighted by molar-refractivity contribution is -0.119. The summed E-state index contributed by atoms with van der Waals surface area (Å²) in [5.74, 6) is 0.189. The van der Waals surface area contributed by atoms with Crippen LogP contribution in [-0.4, -0.2) is 25.0 Å². The minimum absolute atomic E-state index is 0.0944. The summed E-state index contributed by atoms with van der Waals surface area (Å²) in [6.07, 6.45) is 2.46. The van der Waals surface area contributed by atoms with E-state index >= 15 is 0 Å². The van der Waals surface area contributed by atoms with Crippen molar-refractivity contribution in [3.8, 4) is 0 Å². The van der Waals surface area contributed by atoms with E-state index in [0.717, 1.165) is 28.8 Å². The molecule has 0 radical (unpaired) electrons. The summed E-state index contributed by atoms with van der Waals surface area (Å²) in [6, 6.07) is 6.04. The molecule has 102 valence electrons. The molecule has 2 aliphatic rings. The van der Waals surface area contributed by atoms with Crippen molar-refractivity contribution < 1.29 is 4.79 Å². The molecule has 1 spiro atoms. The van der Waals surface area contributed by atoms with Gasteiger partial charge in [0.05, 0.1) is 6.04 Å². The number of nitrogens with one attached hydrogen (secondary N) is 1. The maximum Gasteiger partial charge on any atom is 0.243 e. The van der Waals surface area contributed by atoms with Crippen molar-refractivity contribution in [2.45, 2.75) is 32.7 Å². The van der Waals surface area contributed by atoms with Crippen molar-refractivity contribution >= 4 is 27.5 Å². The summed E-state index contributed by atoms with van der Waals surface area (Å²) < 4.78 is 1.06. The van der Waals surface area contributed by atoms with Gasteiger partial charge in [0.15, 0.2) is 0 Å². The van der Waals surface area contributed by atoms with Gasteiger partial charge in [-0.15, -0.1) is 0 Å². The Hall–Kier alpha value is -0.870. The second-order valence-corrected chi connectivity index (χ2v) is 6.87. The second-order valence-electron chi connectivity index (χ2n) is 5.96. The molecule has 1 unspecified atom stereocenters. The molecule has 1 amide bonds. The normalized spacial score (nSPS) is 25.5. The van der Waals surface area contributed by atoms with Crippen LogP contribution in [0, 0.1) is 12.3 Å². The Morgan fingerprint density at radius 3 is 2.79 bits per heavy atom. The number of anilines is 1. The van der Waals surface area contributed by atoms with Crippen molar-refractivity contribution in [3.63, 3.8) is 0 Å². The van der Waals surface area contributed by atoms with Crippen LogP contribution in [0.3, 0.4) is 0 Å². The fraction of sp³-hybridized carbons (Fsp3) is 0.533. The number of rotatable bonds is 1. The zero-order chi connectivity index (χ0) is 13.6. The van der Waals surface area contributed by atoms with Gasteiger partial charge >= 0.3 is 0 Å². The van der Waals surface area contributed by atoms with Crippen molar-refractivity contribution in [1.29, 1.82) is 0 Å². The summed E-state index contributed by atoms with van der Waals surface area (Å²) in [7, 11) is 0. The number of nitrogens with zero attached hydrogens (tertiary/aromatic N) is 1. The summed E-state index contributed by atoms with van der Waals surface area (Å²) >= 11 is 3.48. The van der Waals surface area contributed by atoms with Crippen LogP contribution in [-0.2, 0) is 4.79 Å². The second kappa shape index (κ2) is 4.60. The molecule has 2 fully saturated rings. The first-order valence-corrected chi connectivity index (χ1v) is 7.61. The van der Waals surface area contributed by atoms with Crippen LogP contribution in [0.25, 0.3) is 0 Å². The number of carbonyl (C=O) groups excluding carboxylic acids is 1. The van der Waals surface area contributed by atoms with E-state index in [-0.39, 0.29) is 11.9 Å². The molecule has 1 aromatic carbocycles. The van der Waals surface area contributed by atoms with E-state index in [1.807, 2.05) is 24.0 Å². The average Bonchev–Trinajstić information content (AvgIpc) is 3.14. The predicted octanol–water partition coefficient (Wildman–Crippen LogP) is 2.86. The smallest absolute Gasteiger partial charge is 0.243 e. The molecule has 1 heterocycles. The Kier molecular flexibility index (Phi) is 3.18. The number of aryl methyl sites for hydroxylation is 1. The summed E-state index contributed by atoms with van der Waals surface area (Å²) in [5.41, 5.74) is 2.52. The van der Waals surface area contributed by atoms with E-state index in [1.165, 1.54) is 12.8 Å². The van der Waals surface area contributed by atoms with Gasteiger partial charge in [0, 0.05) is 28.7 Å². The molecule has 19 heavy (non-hydrogen) atoms. The summed E-state index contributed by atoms with van der Waals surface area (Å²) in [6.45, 7) is 5.85. The van der Waals surface area contributed by atoms with Gasteiger partial charge in [0.1, 0.15) is 0 Å². The third-order valence-electron chi connectivity index (χ3n) is 4.32. The first kappa shape index (κ1) is 13.1. The van der Waals surface area contributed by atoms with Gasteiger partial charge in [-0.2, -0.15) is 0 Å². The molecular weight excluding hydrogens is 304 g/mol. The largest absolute Gasteiger partial charge is 0.310 e. The number of carbonyl (C=O) groups is 1. The van der Waals surface area contributed by atoms with Gasteiger partial charge in [-0.25, -0.2) is 0 Å². The molecule has 0 aromatic heterocycles. The number of amides is 1. The molecule has 3 nitrogen and oxygen atoms in total. The Morgan fingerprint density at radius 1 is 1.42 bits per heavy atom. The molecule has 1 aliphatic carbocycles. The summed E-state index contributed by atoms with van der Waals surface area (Å²) in [5, 5.41) is 3.38. The van der Waals surface area contributed by atoms with Gasteiger partial charge in [0.25, 0.3) is 0 Å². The topological polar surface area (TPSA) is 32.3 Å². The molecular formula is C15H19BrN2O. The van der Waals surface area contributed by atoms with E-state index < -0.39 is 0 Å². The van der Waals surface area contributed by atoms with Crippen LogP contribution in [0.2, 0.25) is 0 Å². The lowest BCUT2D eigenvalue weighted by Crippen LogP contribution is -2.42. The van der Waals surface area contributed by atoms with E-state index in [4.69, 9.17) is 0 Å². The monoisotopic (exact) mass is 322 g/mol. The fourth-order valence-electron chi connectivity index (χ4n) is 2.80. The highest BCUT2D eigenvalue weighted by Gasteiger charge is 2.47. The fourth-order valence-corrected chi connectivity index (χ4v) is 3.27. The van der Waals surface area contributed by atoms with Crippen LogP contribution in [0.15, 0.2) is 22.7 Å². The highest BCUT2D eigenvalue weighted by molar-refractivity contribution is 9.10. The molecule has 1 saturated carbocycles. The van der Waals surface area contributed by atoms with E-state index in [0.29, 0.717) is 5.41 Å². The molecule has 1 atom stereocenters. The van der Waals surface area contributed by atoms with Crippen molar-refractivity contribution in [3.05, 3.63) is 28.2 Å². The maximum atomic E-state index is 12.6. The molecule has 3 rings (SSSR count). The number of benzene rings is 1. The third-order valence-corrected chi connectivity index (χ3v) is 4.81. The SMILES string of the molecule is Cc1cc(Br)ccc1N1CC2(CC2)CNC(C)C1=O. The van der Waals surface area contributed by atoms with Crippen molar-refractivity contribution in [1.82, 2.24) is 5.32 Å². The lowest BCUT2D eigenvalue weighted by atomic mass is 10.1. The van der Waals surface area contributed by atoms with Gasteiger partial charge in [-0.1, -0.05) is 15.9 Å². The van der Waals surface area contributed by atoms with Gasteiger partial charge in [-0.05, 0) is 50.5 Å². The predicted molar refractivity (Wildman–Crippen MR) is 80.4 cm³/mol. The zero-order valence-electron chi connectivity index (χ0n) is 11.4. The van der Waals surface area contributed by atoms with Gasteiger partial charge in [-0.3, -0.25) is 4.79 Å². The molecule has 1 aliphatic heterocycles. The van der Waals surface area contributed by atoms with Crippen LogP contribution in [0.1, 0.15) is 25.3 Å². The van der Waals surface area contributed by atoms with Gasteiger partial charge < -0.3 is 10.2 Å². The van der Waals surface area contributed by atoms with Gasteiger partial charge in [0.2, 0.25) is 5.91 Å². The average molecular weight is 323 g/mol. The highest BCUT2D eigenvalue weighted by atomic mass is 79.9. The first-order chi connectivity index (χ1) is 9.01. The maximum absolute atomic E-state index is 12.6. The van der Waals surface area contributed by atoms with E-state index in [9.17, 15) is 4.79 Å². The van der Waals surface area contributed by atoms with Crippen LogP contribution >= 0.6 is 15.9 Å². The van der Waals surface area contributed by atoms with Crippen molar-refractivity contribution in [2.75, 3.05) is 18.0 Å². The molecule has 1 N–H and O–H groups in total. The standard InChI is InChI=1S/C15H19BrN2O/c1-10-7-12(16)3-4-13(10)18-9-15(5-6-15)8-17-11(2)14(18)19/h3-4,7,11,17H,5-6,8-9H2,1-2H3. The van der Waals surface area contributed by atoms with E-state index in [1.54, 1.807) is 0 Å². The third kappa shape index (κ3) is 2.43. The minimum Gasteiger partial charge on any atom is -0.310 e. The highest BCUT2D eigenvalue weighted by Crippen LogP contribution is 2.47. The van der Waals surface area contributed by atoms with E-state index in [2.05, 4.69) is 34.2 Å². The van der Waals surface area contributed by atoms with Crippen LogP contribution in [0.5, 0.6) is 0 Å². The molecule has 4 heteroatoms. The zero-order valence-corrected chi connectivity index (χ0v) is 13.0. The Bertz CT molecular complexity index is 525. The molecule has 1 aromatic rings. The quantitative estimate of drug-likeness (QED) is 0.862. The Balaban J connectivity index is 1.97. The first-order valence-electron chi connectivity index (χ1n) is 6.82. The van der Waals surface area contributed by atoms with Crippen molar-refractivity contribution in [2.24, 2.45) is 5.41 Å². The lowest BCUT2D eigenvalue weighted by Gasteiger charge is -2.26.